The fourth-order valence-corrected chi connectivity index (χ4v) is 1.92. The van der Waals surface area contributed by atoms with Crippen LogP contribution in [0.2, 0.25) is 10.0 Å². The van der Waals surface area contributed by atoms with Crippen LogP contribution in [0.25, 0.3) is 11.3 Å². The largest absolute Gasteiger partial charge is 0.420 e. The van der Waals surface area contributed by atoms with Crippen LogP contribution in [0.15, 0.2) is 27.4 Å². The molecule has 2 aromatic rings. The molecule has 0 amide bonds. The van der Waals surface area contributed by atoms with E-state index in [0.717, 1.165) is 0 Å². The Kier molecular flexibility index (Phi) is 2.69. The summed E-state index contributed by atoms with van der Waals surface area (Å²) in [5, 5.41) is 0.766. The standard InChI is InChI=1S/C10H8Cl2N2O2/c1-14-9(13)8(16-10(14)15)7-5(11)3-2-4-6(7)12/h2-4H,13H2,1H3. The lowest BCUT2D eigenvalue weighted by molar-refractivity contribution is 0.506. The molecule has 0 atom stereocenters. The molecule has 0 radical (unpaired) electrons. The number of rotatable bonds is 1. The number of nitrogens with two attached hydrogens (primary N) is 1. The zero-order chi connectivity index (χ0) is 11.9. The topological polar surface area (TPSA) is 61.2 Å². The molecule has 2 N–H and O–H groups in total. The Morgan fingerprint density at radius 1 is 1.31 bits per heavy atom. The van der Waals surface area contributed by atoms with Crippen LogP contribution in [0.3, 0.4) is 0 Å². The van der Waals surface area contributed by atoms with Gasteiger partial charge in [-0.25, -0.2) is 4.79 Å². The van der Waals surface area contributed by atoms with Gasteiger partial charge in [0.25, 0.3) is 0 Å². The van der Waals surface area contributed by atoms with E-state index in [0.29, 0.717) is 15.6 Å². The summed E-state index contributed by atoms with van der Waals surface area (Å²) in [5.74, 6) is -0.161. The highest BCUT2D eigenvalue weighted by Crippen LogP contribution is 2.36. The SMILES string of the molecule is Cn1c(N)c(-c2c(Cl)cccc2Cl)oc1=O. The third kappa shape index (κ3) is 1.60. The van der Waals surface area contributed by atoms with E-state index >= 15 is 0 Å². The predicted octanol–water partition coefficient (Wildman–Crippen LogP) is 2.53. The average molecular weight is 259 g/mol. The fourth-order valence-electron chi connectivity index (χ4n) is 1.35. The smallest absolute Gasteiger partial charge is 0.405 e. The number of anilines is 1. The number of hydrogen-bond donors (Lipinski definition) is 1. The minimum absolute atomic E-state index is 0.194. The van der Waals surface area contributed by atoms with E-state index in [2.05, 4.69) is 0 Å². The number of oxazole rings is 1. The van der Waals surface area contributed by atoms with Crippen molar-refractivity contribution in [3.05, 3.63) is 38.8 Å². The van der Waals surface area contributed by atoms with Gasteiger partial charge in [0.2, 0.25) is 0 Å². The Morgan fingerprint density at radius 2 is 1.88 bits per heavy atom. The van der Waals surface area contributed by atoms with Crippen LogP contribution in [-0.2, 0) is 7.05 Å². The number of hydrogen-bond acceptors (Lipinski definition) is 3. The summed E-state index contributed by atoms with van der Waals surface area (Å²) in [6.45, 7) is 0. The lowest BCUT2D eigenvalue weighted by Gasteiger charge is -2.03. The summed E-state index contributed by atoms with van der Waals surface area (Å²) < 4.78 is 6.20. The van der Waals surface area contributed by atoms with E-state index in [-0.39, 0.29) is 11.6 Å². The first-order valence-electron chi connectivity index (χ1n) is 4.42. The van der Waals surface area contributed by atoms with Crippen LogP contribution in [0.5, 0.6) is 0 Å². The molecule has 0 bridgehead atoms. The van der Waals surface area contributed by atoms with Crippen molar-refractivity contribution < 1.29 is 4.42 Å². The van der Waals surface area contributed by atoms with Gasteiger partial charge in [0.1, 0.15) is 0 Å². The van der Waals surface area contributed by atoms with Crippen LogP contribution in [0.4, 0.5) is 5.82 Å². The second-order valence-corrected chi connectivity index (χ2v) is 4.05. The zero-order valence-electron chi connectivity index (χ0n) is 8.33. The molecule has 84 valence electrons. The lowest BCUT2D eigenvalue weighted by Crippen LogP contribution is -2.11. The van der Waals surface area contributed by atoms with Gasteiger partial charge in [-0.15, -0.1) is 0 Å². The van der Waals surface area contributed by atoms with E-state index in [1.807, 2.05) is 0 Å². The van der Waals surface area contributed by atoms with E-state index in [4.69, 9.17) is 33.4 Å². The normalized spacial score (nSPS) is 10.7. The maximum atomic E-state index is 11.3. The van der Waals surface area contributed by atoms with Crippen LogP contribution in [0.1, 0.15) is 0 Å². The first-order chi connectivity index (χ1) is 7.52. The van der Waals surface area contributed by atoms with Crippen LogP contribution >= 0.6 is 23.2 Å². The predicted molar refractivity (Wildman–Crippen MR) is 63.8 cm³/mol. The van der Waals surface area contributed by atoms with Crippen LogP contribution in [0, 0.1) is 0 Å². The molecule has 0 fully saturated rings. The number of aromatic nitrogens is 1. The van der Waals surface area contributed by atoms with Gasteiger partial charge in [-0.05, 0) is 12.1 Å². The van der Waals surface area contributed by atoms with Crippen molar-refractivity contribution in [2.45, 2.75) is 0 Å². The molecule has 0 unspecified atom stereocenters. The van der Waals surface area contributed by atoms with Crippen molar-refractivity contribution in [1.29, 1.82) is 0 Å². The molecule has 6 heteroatoms. The molecular formula is C10H8Cl2N2O2. The second kappa shape index (κ2) is 3.88. The Hall–Kier alpha value is -1.39. The van der Waals surface area contributed by atoms with Crippen molar-refractivity contribution in [3.8, 4) is 11.3 Å². The van der Waals surface area contributed by atoms with Crippen molar-refractivity contribution in [2.75, 3.05) is 5.73 Å². The summed E-state index contributed by atoms with van der Waals surface area (Å²) in [4.78, 5) is 11.3. The van der Waals surface area contributed by atoms with Gasteiger partial charge in [0.15, 0.2) is 11.6 Å². The van der Waals surface area contributed by atoms with Crippen LogP contribution in [-0.4, -0.2) is 4.57 Å². The van der Waals surface area contributed by atoms with Crippen molar-refractivity contribution in [2.24, 2.45) is 7.05 Å². The van der Waals surface area contributed by atoms with Gasteiger partial charge in [0.05, 0.1) is 15.6 Å². The lowest BCUT2D eigenvalue weighted by atomic mass is 10.2. The number of nitrogens with zero attached hydrogens (tertiary/aromatic N) is 1. The Bertz CT molecular complexity index is 581. The summed E-state index contributed by atoms with van der Waals surface area (Å²) in [7, 11) is 1.51. The molecule has 1 aromatic heterocycles. The monoisotopic (exact) mass is 258 g/mol. The van der Waals surface area contributed by atoms with Crippen LogP contribution < -0.4 is 11.5 Å². The zero-order valence-corrected chi connectivity index (χ0v) is 9.84. The Morgan fingerprint density at radius 3 is 2.31 bits per heavy atom. The molecule has 0 aliphatic carbocycles. The average Bonchev–Trinajstić information content (AvgIpc) is 2.47. The minimum atomic E-state index is -0.552. The molecule has 16 heavy (non-hydrogen) atoms. The minimum Gasteiger partial charge on any atom is -0.405 e. The molecule has 1 heterocycles. The van der Waals surface area contributed by atoms with Gasteiger partial charge in [-0.3, -0.25) is 4.57 Å². The molecule has 0 aliphatic rings. The van der Waals surface area contributed by atoms with Crippen molar-refractivity contribution in [3.63, 3.8) is 0 Å². The molecule has 0 spiro atoms. The summed E-state index contributed by atoms with van der Waals surface area (Å²) in [5.41, 5.74) is 6.16. The highest BCUT2D eigenvalue weighted by Gasteiger charge is 2.18. The maximum absolute atomic E-state index is 11.3. The summed E-state index contributed by atoms with van der Waals surface area (Å²) in [6, 6.07) is 5.00. The van der Waals surface area contributed by atoms with Crippen molar-refractivity contribution >= 4 is 29.0 Å². The molecule has 4 nitrogen and oxygen atoms in total. The number of halogens is 2. The molecule has 0 saturated heterocycles. The molecule has 0 saturated carbocycles. The second-order valence-electron chi connectivity index (χ2n) is 3.24. The third-order valence-corrected chi connectivity index (χ3v) is 2.88. The Labute approximate surface area is 101 Å². The number of nitrogen functional groups attached to an aromatic ring is 1. The van der Waals surface area contributed by atoms with E-state index in [1.165, 1.54) is 11.6 Å². The van der Waals surface area contributed by atoms with Gasteiger partial charge >= 0.3 is 5.76 Å². The molecule has 1 aromatic carbocycles. The molecule has 2 rings (SSSR count). The quantitative estimate of drug-likeness (QED) is 0.855. The first-order valence-corrected chi connectivity index (χ1v) is 5.17. The highest BCUT2D eigenvalue weighted by molar-refractivity contribution is 6.39. The summed E-state index contributed by atoms with van der Waals surface area (Å²) in [6.07, 6.45) is 0. The fraction of sp³-hybridized carbons (Fsp3) is 0.100. The summed E-state index contributed by atoms with van der Waals surface area (Å²) >= 11 is 12.0. The van der Waals surface area contributed by atoms with Gasteiger partial charge in [-0.1, -0.05) is 29.3 Å². The van der Waals surface area contributed by atoms with E-state index in [1.54, 1.807) is 18.2 Å². The third-order valence-electron chi connectivity index (χ3n) is 2.25. The maximum Gasteiger partial charge on any atom is 0.420 e. The van der Waals surface area contributed by atoms with Gasteiger partial charge in [0, 0.05) is 7.05 Å². The van der Waals surface area contributed by atoms with Crippen molar-refractivity contribution in [1.82, 2.24) is 4.57 Å². The van der Waals surface area contributed by atoms with E-state index < -0.39 is 5.76 Å². The van der Waals surface area contributed by atoms with E-state index in [9.17, 15) is 4.79 Å². The number of benzene rings is 1. The first kappa shape index (κ1) is 11.1. The highest BCUT2D eigenvalue weighted by atomic mass is 35.5. The molecule has 0 aliphatic heterocycles. The Balaban J connectivity index is 2.77. The molecular weight excluding hydrogens is 251 g/mol. The van der Waals surface area contributed by atoms with Gasteiger partial charge in [-0.2, -0.15) is 0 Å². The van der Waals surface area contributed by atoms with Gasteiger partial charge < -0.3 is 10.2 Å².